The van der Waals surface area contributed by atoms with Crippen molar-refractivity contribution in [2.45, 2.75) is 13.0 Å². The number of carbonyl (C=O) groups excluding carboxylic acids is 1. The number of esters is 1. The summed E-state index contributed by atoms with van der Waals surface area (Å²) in [6.07, 6.45) is -0.192. The van der Waals surface area contributed by atoms with Crippen molar-refractivity contribution in [3.05, 3.63) is 23.8 Å². The summed E-state index contributed by atoms with van der Waals surface area (Å²) in [4.78, 5) is 14.5. The van der Waals surface area contributed by atoms with E-state index in [4.69, 9.17) is 18.9 Å². The van der Waals surface area contributed by atoms with Gasteiger partial charge in [-0.25, -0.2) is 4.79 Å². The summed E-state index contributed by atoms with van der Waals surface area (Å²) < 4.78 is 21.1. The van der Waals surface area contributed by atoms with Crippen LogP contribution in [-0.4, -0.2) is 64.0 Å². The first-order valence-electron chi connectivity index (χ1n) is 7.36. The van der Waals surface area contributed by atoms with Crippen molar-refractivity contribution < 1.29 is 23.7 Å². The van der Waals surface area contributed by atoms with E-state index < -0.39 is 0 Å². The van der Waals surface area contributed by atoms with Gasteiger partial charge in [0.2, 0.25) is 0 Å². The average Bonchev–Trinajstić information content (AvgIpc) is 2.55. The highest BCUT2D eigenvalue weighted by Gasteiger charge is 2.18. The van der Waals surface area contributed by atoms with Crippen molar-refractivity contribution in [2.24, 2.45) is 0 Å². The fourth-order valence-electron chi connectivity index (χ4n) is 2.36. The minimum absolute atomic E-state index is 0.192. The fraction of sp³-hybridized carbons (Fsp3) is 0.562. The van der Waals surface area contributed by atoms with Crippen LogP contribution >= 0.6 is 0 Å². The highest BCUT2D eigenvalue weighted by atomic mass is 16.5. The lowest BCUT2D eigenvalue weighted by Crippen LogP contribution is -2.41. The predicted octanol–water partition coefficient (Wildman–Crippen LogP) is 1.58. The monoisotopic (exact) mass is 309 g/mol. The Bertz CT molecular complexity index is 477. The molecule has 22 heavy (non-hydrogen) atoms. The Morgan fingerprint density at radius 3 is 2.32 bits per heavy atom. The van der Waals surface area contributed by atoms with Crippen LogP contribution in [0.15, 0.2) is 18.2 Å². The molecule has 0 aromatic heterocycles. The van der Waals surface area contributed by atoms with Gasteiger partial charge in [-0.05, 0) is 19.1 Å². The first-order valence-corrected chi connectivity index (χ1v) is 7.36. The number of rotatable bonds is 6. The molecule has 6 nitrogen and oxygen atoms in total. The number of methoxy groups -OCH3 is 2. The van der Waals surface area contributed by atoms with Crippen LogP contribution in [0.25, 0.3) is 0 Å². The Morgan fingerprint density at radius 1 is 1.18 bits per heavy atom. The Hall–Kier alpha value is -1.79. The highest BCUT2D eigenvalue weighted by Crippen LogP contribution is 2.23. The van der Waals surface area contributed by atoms with Gasteiger partial charge in [0.25, 0.3) is 0 Å². The fourth-order valence-corrected chi connectivity index (χ4v) is 2.36. The third-order valence-electron chi connectivity index (χ3n) is 3.51. The Balaban J connectivity index is 1.95. The molecule has 0 radical (unpaired) electrons. The molecule has 1 heterocycles. The zero-order valence-corrected chi connectivity index (χ0v) is 13.3. The van der Waals surface area contributed by atoms with E-state index in [9.17, 15) is 4.79 Å². The summed E-state index contributed by atoms with van der Waals surface area (Å²) in [6.45, 7) is 5.80. The predicted molar refractivity (Wildman–Crippen MR) is 81.7 cm³/mol. The Morgan fingerprint density at radius 2 is 1.77 bits per heavy atom. The van der Waals surface area contributed by atoms with Crippen LogP contribution in [0, 0.1) is 0 Å². The summed E-state index contributed by atoms with van der Waals surface area (Å²) in [5.41, 5.74) is 0.421. The van der Waals surface area contributed by atoms with Gasteiger partial charge in [-0.2, -0.15) is 0 Å². The molecule has 1 unspecified atom stereocenters. The largest absolute Gasteiger partial charge is 0.497 e. The summed E-state index contributed by atoms with van der Waals surface area (Å²) in [5, 5.41) is 0. The molecule has 0 aliphatic carbocycles. The maximum absolute atomic E-state index is 12.3. The van der Waals surface area contributed by atoms with E-state index in [2.05, 4.69) is 4.90 Å². The minimum Gasteiger partial charge on any atom is -0.497 e. The van der Waals surface area contributed by atoms with Crippen molar-refractivity contribution in [3.8, 4) is 11.5 Å². The average molecular weight is 309 g/mol. The molecule has 1 aromatic carbocycles. The lowest BCUT2D eigenvalue weighted by molar-refractivity contribution is 0.000411. The van der Waals surface area contributed by atoms with Crippen LogP contribution in [-0.2, 0) is 9.47 Å². The SMILES string of the molecule is COc1cc(OC)cc(C(=O)OC(C)CN2CCOCC2)c1. The smallest absolute Gasteiger partial charge is 0.338 e. The molecule has 0 bridgehead atoms. The van der Waals surface area contributed by atoms with E-state index in [1.54, 1.807) is 32.4 Å². The zero-order chi connectivity index (χ0) is 15.9. The maximum Gasteiger partial charge on any atom is 0.338 e. The van der Waals surface area contributed by atoms with E-state index in [0.29, 0.717) is 23.6 Å². The molecule has 1 aliphatic rings. The first-order chi connectivity index (χ1) is 10.6. The van der Waals surface area contributed by atoms with Crippen molar-refractivity contribution >= 4 is 5.97 Å². The third-order valence-corrected chi connectivity index (χ3v) is 3.51. The minimum atomic E-state index is -0.377. The molecule has 0 amide bonds. The molecule has 6 heteroatoms. The molecular weight excluding hydrogens is 286 g/mol. The number of hydrogen-bond donors (Lipinski definition) is 0. The first kappa shape index (κ1) is 16.6. The second-order valence-electron chi connectivity index (χ2n) is 5.23. The van der Waals surface area contributed by atoms with Gasteiger partial charge in [0.05, 0.1) is 33.0 Å². The molecule has 1 saturated heterocycles. The second-order valence-corrected chi connectivity index (χ2v) is 5.23. The Labute approximate surface area is 130 Å². The molecule has 0 saturated carbocycles. The molecule has 122 valence electrons. The van der Waals surface area contributed by atoms with E-state index >= 15 is 0 Å². The number of carbonyl (C=O) groups is 1. The van der Waals surface area contributed by atoms with Crippen molar-refractivity contribution in [1.82, 2.24) is 4.90 Å². The topological polar surface area (TPSA) is 57.2 Å². The van der Waals surface area contributed by atoms with Gasteiger partial charge >= 0.3 is 5.97 Å². The van der Waals surface area contributed by atoms with Gasteiger partial charge in [-0.1, -0.05) is 0 Å². The number of hydrogen-bond acceptors (Lipinski definition) is 6. The van der Waals surface area contributed by atoms with Crippen LogP contribution in [0.4, 0.5) is 0 Å². The maximum atomic E-state index is 12.3. The van der Waals surface area contributed by atoms with Crippen LogP contribution in [0.5, 0.6) is 11.5 Å². The summed E-state index contributed by atoms with van der Waals surface area (Å²) in [7, 11) is 3.09. The zero-order valence-electron chi connectivity index (χ0n) is 13.3. The quantitative estimate of drug-likeness (QED) is 0.744. The Kier molecular flexibility index (Phi) is 6.03. The summed E-state index contributed by atoms with van der Waals surface area (Å²) >= 11 is 0. The third kappa shape index (κ3) is 4.61. The molecule has 1 fully saturated rings. The molecular formula is C16H23NO5. The number of nitrogens with zero attached hydrogens (tertiary/aromatic N) is 1. The standard InChI is InChI=1S/C16H23NO5/c1-12(11-17-4-6-21-7-5-17)22-16(18)13-8-14(19-2)10-15(9-13)20-3/h8-10,12H,4-7,11H2,1-3H3. The van der Waals surface area contributed by atoms with E-state index in [0.717, 1.165) is 26.3 Å². The molecule has 1 aliphatic heterocycles. The van der Waals surface area contributed by atoms with E-state index in [-0.39, 0.29) is 12.1 Å². The van der Waals surface area contributed by atoms with Gasteiger partial charge in [-0.3, -0.25) is 4.90 Å². The van der Waals surface area contributed by atoms with Crippen molar-refractivity contribution in [2.75, 3.05) is 47.1 Å². The highest BCUT2D eigenvalue weighted by molar-refractivity contribution is 5.90. The van der Waals surface area contributed by atoms with Gasteiger partial charge in [0.15, 0.2) is 0 Å². The van der Waals surface area contributed by atoms with Crippen LogP contribution in [0.3, 0.4) is 0 Å². The molecule has 2 rings (SSSR count). The lowest BCUT2D eigenvalue weighted by Gasteiger charge is -2.28. The van der Waals surface area contributed by atoms with Gasteiger partial charge < -0.3 is 18.9 Å². The van der Waals surface area contributed by atoms with E-state index in [1.807, 2.05) is 6.92 Å². The van der Waals surface area contributed by atoms with Crippen LogP contribution in [0.1, 0.15) is 17.3 Å². The summed E-state index contributed by atoms with van der Waals surface area (Å²) in [6, 6.07) is 5.01. The summed E-state index contributed by atoms with van der Waals surface area (Å²) in [5.74, 6) is 0.747. The number of benzene rings is 1. The van der Waals surface area contributed by atoms with Gasteiger partial charge in [-0.15, -0.1) is 0 Å². The van der Waals surface area contributed by atoms with Crippen molar-refractivity contribution in [1.29, 1.82) is 0 Å². The van der Waals surface area contributed by atoms with Gasteiger partial charge in [0, 0.05) is 25.7 Å². The van der Waals surface area contributed by atoms with Crippen LogP contribution in [0.2, 0.25) is 0 Å². The normalized spacial score (nSPS) is 16.9. The molecule has 0 spiro atoms. The number of morpholine rings is 1. The lowest BCUT2D eigenvalue weighted by atomic mass is 10.2. The van der Waals surface area contributed by atoms with Crippen LogP contribution < -0.4 is 9.47 Å². The van der Waals surface area contributed by atoms with Gasteiger partial charge in [0.1, 0.15) is 17.6 Å². The molecule has 0 N–H and O–H groups in total. The van der Waals surface area contributed by atoms with Crippen molar-refractivity contribution in [3.63, 3.8) is 0 Å². The number of ether oxygens (including phenoxy) is 4. The molecule has 1 atom stereocenters. The van der Waals surface area contributed by atoms with E-state index in [1.165, 1.54) is 0 Å². The second kappa shape index (κ2) is 8.00. The molecule has 1 aromatic rings.